The Balaban J connectivity index is 2.25. The third-order valence-corrected chi connectivity index (χ3v) is 3.22. The van der Waals surface area contributed by atoms with Crippen molar-refractivity contribution in [2.24, 2.45) is 0 Å². The highest BCUT2D eigenvalue weighted by Gasteiger charge is 2.13. The van der Waals surface area contributed by atoms with Crippen molar-refractivity contribution in [3.63, 3.8) is 0 Å². The van der Waals surface area contributed by atoms with Gasteiger partial charge >= 0.3 is 0 Å². The molecule has 88 valence electrons. The van der Waals surface area contributed by atoms with E-state index in [1.54, 1.807) is 0 Å². The van der Waals surface area contributed by atoms with Crippen molar-refractivity contribution in [3.05, 3.63) is 6.07 Å². The van der Waals surface area contributed by atoms with Gasteiger partial charge in [-0.1, -0.05) is 11.3 Å². The number of fused-ring (bicyclic) bond motifs is 1. The topological polar surface area (TPSA) is 95.8 Å². The maximum Gasteiger partial charge on any atom is 0.293 e. The van der Waals surface area contributed by atoms with Gasteiger partial charge < -0.3 is 25.3 Å². The van der Waals surface area contributed by atoms with Gasteiger partial charge in [-0.2, -0.15) is 4.98 Å². The molecule has 0 bridgehead atoms. The molecule has 2 aromatic rings. The minimum absolute atomic E-state index is 0.0365. The normalized spacial score (nSPS) is 11.1. The number of anilines is 2. The monoisotopic (exact) mass is 243 g/mol. The fourth-order valence-corrected chi connectivity index (χ4v) is 2.48. The second-order valence-electron chi connectivity index (χ2n) is 3.24. The molecule has 0 spiro atoms. The van der Waals surface area contributed by atoms with Crippen molar-refractivity contribution in [3.8, 4) is 0 Å². The molecule has 0 aromatic carbocycles. The summed E-state index contributed by atoms with van der Waals surface area (Å²) < 4.78 is 5.18. The Morgan fingerprint density at radius 2 is 2.06 bits per heavy atom. The molecule has 7 heteroatoms. The second-order valence-corrected chi connectivity index (χ2v) is 4.25. The van der Waals surface area contributed by atoms with Gasteiger partial charge in [0.25, 0.3) is 6.01 Å². The first-order valence-electron chi connectivity index (χ1n) is 4.87. The molecule has 0 radical (unpaired) electrons. The van der Waals surface area contributed by atoms with Crippen molar-refractivity contribution in [1.82, 2.24) is 4.98 Å². The van der Waals surface area contributed by atoms with Gasteiger partial charge in [0, 0.05) is 19.2 Å². The summed E-state index contributed by atoms with van der Waals surface area (Å²) in [6.45, 7) is 1.02. The average Bonchev–Trinajstić information content (AvgIpc) is 2.74. The number of nitrogen functional groups attached to an aromatic ring is 1. The van der Waals surface area contributed by atoms with Gasteiger partial charge in [0.15, 0.2) is 10.4 Å². The molecule has 2 rings (SSSR count). The molecule has 0 unspecified atom stereocenters. The minimum Gasteiger partial charge on any atom is -0.423 e. The lowest BCUT2D eigenvalue weighted by molar-refractivity contribution is 0.281. The number of oxazole rings is 1. The zero-order valence-corrected chi connectivity index (χ0v) is 9.40. The molecule has 0 saturated carbocycles. The Kier molecular flexibility index (Phi) is 3.28. The molecule has 0 aliphatic carbocycles. The Morgan fingerprint density at radius 1 is 1.38 bits per heavy atom. The largest absolute Gasteiger partial charge is 0.423 e. The van der Waals surface area contributed by atoms with Crippen molar-refractivity contribution in [2.45, 2.75) is 0 Å². The lowest BCUT2D eigenvalue weighted by atomic mass is 10.4. The summed E-state index contributed by atoms with van der Waals surface area (Å²) >= 11 is 1.42. The predicted octanol–water partition coefficient (Wildman–Crippen LogP) is 0.263. The Morgan fingerprint density at radius 3 is 2.62 bits per heavy atom. The van der Waals surface area contributed by atoms with Crippen LogP contribution in [0.15, 0.2) is 10.5 Å². The van der Waals surface area contributed by atoms with Crippen LogP contribution >= 0.6 is 11.3 Å². The van der Waals surface area contributed by atoms with Gasteiger partial charge in [0.05, 0.1) is 18.2 Å². The Labute approximate surface area is 95.9 Å². The first-order valence-corrected chi connectivity index (χ1v) is 5.68. The number of nitrogens with two attached hydrogens (primary N) is 1. The van der Waals surface area contributed by atoms with Crippen LogP contribution in [0.3, 0.4) is 0 Å². The van der Waals surface area contributed by atoms with Crippen LogP contribution in [0.5, 0.6) is 0 Å². The van der Waals surface area contributed by atoms with Crippen LogP contribution in [0.25, 0.3) is 10.4 Å². The molecule has 2 heterocycles. The zero-order chi connectivity index (χ0) is 11.5. The Bertz CT molecular complexity index is 430. The highest BCUT2D eigenvalue weighted by molar-refractivity contribution is 7.22. The van der Waals surface area contributed by atoms with E-state index in [1.165, 1.54) is 11.3 Å². The maximum atomic E-state index is 8.92. The van der Waals surface area contributed by atoms with Gasteiger partial charge in [-0.25, -0.2) is 0 Å². The molecule has 0 aliphatic rings. The third-order valence-electron chi connectivity index (χ3n) is 2.14. The van der Waals surface area contributed by atoms with E-state index in [0.29, 0.717) is 18.7 Å². The molecule has 0 fully saturated rings. The number of aromatic nitrogens is 1. The molecule has 4 N–H and O–H groups in total. The number of aliphatic hydroxyl groups excluding tert-OH is 2. The summed E-state index contributed by atoms with van der Waals surface area (Å²) in [4.78, 5) is 6.62. The van der Waals surface area contributed by atoms with Gasteiger partial charge in [0.1, 0.15) is 0 Å². The Hall–Kier alpha value is -1.31. The lowest BCUT2D eigenvalue weighted by Gasteiger charge is -2.20. The van der Waals surface area contributed by atoms with E-state index in [0.717, 1.165) is 9.83 Å². The van der Waals surface area contributed by atoms with Gasteiger partial charge in [-0.05, 0) is 0 Å². The van der Waals surface area contributed by atoms with Crippen molar-refractivity contribution in [2.75, 3.05) is 36.9 Å². The second kappa shape index (κ2) is 4.69. The SMILES string of the molecule is Nc1nc2sc(N(CCO)CCO)cc2o1. The molecule has 16 heavy (non-hydrogen) atoms. The van der Waals surface area contributed by atoms with Crippen LogP contribution in [0.4, 0.5) is 11.0 Å². The quantitative estimate of drug-likeness (QED) is 0.697. The molecular formula is C9H13N3O3S. The van der Waals surface area contributed by atoms with E-state index in [-0.39, 0.29) is 19.2 Å². The molecule has 6 nitrogen and oxygen atoms in total. The van der Waals surface area contributed by atoms with E-state index in [1.807, 2.05) is 11.0 Å². The van der Waals surface area contributed by atoms with E-state index < -0.39 is 0 Å². The molecule has 0 atom stereocenters. The first kappa shape index (κ1) is 11.2. The van der Waals surface area contributed by atoms with Crippen LogP contribution in [0.1, 0.15) is 0 Å². The van der Waals surface area contributed by atoms with Crippen LogP contribution in [0.2, 0.25) is 0 Å². The number of hydrogen-bond acceptors (Lipinski definition) is 7. The van der Waals surface area contributed by atoms with Crippen molar-refractivity contribution in [1.29, 1.82) is 0 Å². The van der Waals surface area contributed by atoms with E-state index >= 15 is 0 Å². The van der Waals surface area contributed by atoms with E-state index in [2.05, 4.69) is 4.98 Å². The van der Waals surface area contributed by atoms with E-state index in [9.17, 15) is 0 Å². The smallest absolute Gasteiger partial charge is 0.293 e. The highest BCUT2D eigenvalue weighted by atomic mass is 32.1. The summed E-state index contributed by atoms with van der Waals surface area (Å²) in [6, 6.07) is 1.97. The number of nitrogens with zero attached hydrogens (tertiary/aromatic N) is 2. The molecule has 0 aliphatic heterocycles. The van der Waals surface area contributed by atoms with Gasteiger partial charge in [0.2, 0.25) is 0 Å². The lowest BCUT2D eigenvalue weighted by Crippen LogP contribution is -2.28. The highest BCUT2D eigenvalue weighted by Crippen LogP contribution is 2.32. The van der Waals surface area contributed by atoms with Crippen LogP contribution < -0.4 is 10.6 Å². The van der Waals surface area contributed by atoms with Crippen molar-refractivity contribution < 1.29 is 14.6 Å². The van der Waals surface area contributed by atoms with Gasteiger partial charge in [-0.3, -0.25) is 0 Å². The average molecular weight is 243 g/mol. The summed E-state index contributed by atoms with van der Waals surface area (Å²) in [6.07, 6.45) is 0. The number of aliphatic hydroxyl groups is 2. The number of rotatable bonds is 5. The fourth-order valence-electron chi connectivity index (χ4n) is 1.47. The maximum absolute atomic E-state index is 8.92. The van der Waals surface area contributed by atoms with E-state index in [4.69, 9.17) is 20.4 Å². The predicted molar refractivity (Wildman–Crippen MR) is 62.7 cm³/mol. The standard InChI is InChI=1S/C9H13N3O3S/c10-9-11-8-6(15-9)5-7(16-8)12(1-3-13)2-4-14/h5,13-14H,1-4H2,(H2,10,11). The first-order chi connectivity index (χ1) is 7.74. The third kappa shape index (κ3) is 2.11. The molecule has 2 aromatic heterocycles. The van der Waals surface area contributed by atoms with Crippen LogP contribution in [-0.4, -0.2) is 41.5 Å². The van der Waals surface area contributed by atoms with Crippen LogP contribution in [0, 0.1) is 0 Å². The summed E-state index contributed by atoms with van der Waals surface area (Å²) in [7, 11) is 0. The summed E-state index contributed by atoms with van der Waals surface area (Å²) in [5.41, 5.74) is 6.05. The molecular weight excluding hydrogens is 230 g/mol. The summed E-state index contributed by atoms with van der Waals surface area (Å²) in [5.74, 6) is 0. The summed E-state index contributed by atoms with van der Waals surface area (Å²) in [5, 5.41) is 18.7. The number of thiophene rings is 1. The minimum atomic E-state index is 0.0365. The number of hydrogen-bond donors (Lipinski definition) is 3. The fraction of sp³-hybridized carbons (Fsp3) is 0.444. The van der Waals surface area contributed by atoms with Crippen molar-refractivity contribution >= 4 is 32.8 Å². The van der Waals surface area contributed by atoms with Crippen LogP contribution in [-0.2, 0) is 0 Å². The zero-order valence-electron chi connectivity index (χ0n) is 8.59. The molecule has 0 amide bonds. The van der Waals surface area contributed by atoms with Gasteiger partial charge in [-0.15, -0.1) is 0 Å². The molecule has 0 saturated heterocycles.